The maximum Gasteiger partial charge on any atom is 0.150 e. The number of aliphatic hydroxyl groups excluding tert-OH is 1. The third-order valence-corrected chi connectivity index (χ3v) is 1.58. The first kappa shape index (κ1) is 9.48. The SMILES string of the molecule is C=CC(O)Nc1ccc(C=O)cc1. The minimum absolute atomic E-state index is 0.610. The van der Waals surface area contributed by atoms with E-state index in [9.17, 15) is 4.79 Å². The van der Waals surface area contributed by atoms with Crippen molar-refractivity contribution in [2.75, 3.05) is 5.32 Å². The molecule has 0 amide bonds. The van der Waals surface area contributed by atoms with E-state index in [-0.39, 0.29) is 0 Å². The second-order valence-corrected chi connectivity index (χ2v) is 2.56. The largest absolute Gasteiger partial charge is 0.370 e. The van der Waals surface area contributed by atoms with E-state index in [1.807, 2.05) is 0 Å². The quantitative estimate of drug-likeness (QED) is 0.415. The predicted molar refractivity (Wildman–Crippen MR) is 51.7 cm³/mol. The van der Waals surface area contributed by atoms with Crippen molar-refractivity contribution in [2.45, 2.75) is 6.23 Å². The molecule has 1 unspecified atom stereocenters. The van der Waals surface area contributed by atoms with E-state index < -0.39 is 6.23 Å². The molecule has 13 heavy (non-hydrogen) atoms. The molecule has 0 aliphatic heterocycles. The van der Waals surface area contributed by atoms with E-state index in [2.05, 4.69) is 11.9 Å². The molecule has 0 saturated heterocycles. The van der Waals surface area contributed by atoms with Crippen molar-refractivity contribution in [2.24, 2.45) is 0 Å². The van der Waals surface area contributed by atoms with Crippen LogP contribution in [0.2, 0.25) is 0 Å². The summed E-state index contributed by atoms with van der Waals surface area (Å²) in [6.07, 6.45) is 1.39. The zero-order valence-electron chi connectivity index (χ0n) is 7.10. The van der Waals surface area contributed by atoms with Crippen LogP contribution in [0.4, 0.5) is 5.69 Å². The number of nitrogens with one attached hydrogen (secondary N) is 1. The van der Waals surface area contributed by atoms with Crippen molar-refractivity contribution in [1.29, 1.82) is 0 Å². The summed E-state index contributed by atoms with van der Waals surface area (Å²) >= 11 is 0. The Hall–Kier alpha value is -1.61. The summed E-state index contributed by atoms with van der Waals surface area (Å²) in [7, 11) is 0. The monoisotopic (exact) mass is 177 g/mol. The number of carbonyl (C=O) groups excluding carboxylic acids is 1. The van der Waals surface area contributed by atoms with Crippen LogP contribution in [0.25, 0.3) is 0 Å². The maximum absolute atomic E-state index is 10.3. The van der Waals surface area contributed by atoms with Gasteiger partial charge in [-0.3, -0.25) is 4.79 Å². The average Bonchev–Trinajstić information content (AvgIpc) is 2.19. The molecule has 1 rings (SSSR count). The fourth-order valence-electron chi connectivity index (χ4n) is 0.888. The molecule has 0 saturated carbocycles. The topological polar surface area (TPSA) is 49.3 Å². The highest BCUT2D eigenvalue weighted by Crippen LogP contribution is 2.08. The lowest BCUT2D eigenvalue weighted by Gasteiger charge is -2.09. The van der Waals surface area contributed by atoms with E-state index in [4.69, 9.17) is 5.11 Å². The molecule has 0 aliphatic carbocycles. The Balaban J connectivity index is 2.69. The van der Waals surface area contributed by atoms with Crippen LogP contribution in [0, 0.1) is 0 Å². The Morgan fingerprint density at radius 3 is 2.46 bits per heavy atom. The first-order valence-electron chi connectivity index (χ1n) is 3.88. The Labute approximate surface area is 76.7 Å². The number of carbonyl (C=O) groups is 1. The molecular weight excluding hydrogens is 166 g/mol. The van der Waals surface area contributed by atoms with E-state index in [0.29, 0.717) is 5.56 Å². The fraction of sp³-hybridized carbons (Fsp3) is 0.100. The highest BCUT2D eigenvalue weighted by atomic mass is 16.3. The number of rotatable bonds is 4. The molecule has 3 nitrogen and oxygen atoms in total. The number of benzene rings is 1. The van der Waals surface area contributed by atoms with Gasteiger partial charge in [0.05, 0.1) is 0 Å². The van der Waals surface area contributed by atoms with Crippen LogP contribution in [0.5, 0.6) is 0 Å². The van der Waals surface area contributed by atoms with Crippen molar-refractivity contribution >= 4 is 12.0 Å². The smallest absolute Gasteiger partial charge is 0.150 e. The standard InChI is InChI=1S/C10H11NO2/c1-2-10(13)11-9-5-3-8(7-12)4-6-9/h2-7,10-11,13H,1H2. The molecule has 0 heterocycles. The molecule has 68 valence electrons. The zero-order chi connectivity index (χ0) is 9.68. The van der Waals surface area contributed by atoms with Gasteiger partial charge in [0.15, 0.2) is 0 Å². The van der Waals surface area contributed by atoms with Crippen LogP contribution in [-0.4, -0.2) is 17.6 Å². The normalized spacial score (nSPS) is 11.8. The van der Waals surface area contributed by atoms with Crippen LogP contribution in [0.15, 0.2) is 36.9 Å². The van der Waals surface area contributed by atoms with Crippen LogP contribution in [-0.2, 0) is 0 Å². The Bertz CT molecular complexity index is 292. The van der Waals surface area contributed by atoms with Crippen LogP contribution >= 0.6 is 0 Å². The lowest BCUT2D eigenvalue weighted by Crippen LogP contribution is -2.14. The molecule has 0 aromatic heterocycles. The maximum atomic E-state index is 10.3. The molecular formula is C10H11NO2. The van der Waals surface area contributed by atoms with Gasteiger partial charge in [-0.05, 0) is 30.3 Å². The van der Waals surface area contributed by atoms with Crippen LogP contribution in [0.1, 0.15) is 10.4 Å². The van der Waals surface area contributed by atoms with E-state index in [0.717, 1.165) is 12.0 Å². The molecule has 0 spiro atoms. The van der Waals surface area contributed by atoms with Crippen molar-refractivity contribution in [1.82, 2.24) is 0 Å². The summed E-state index contributed by atoms with van der Waals surface area (Å²) in [4.78, 5) is 10.3. The van der Waals surface area contributed by atoms with Crippen LogP contribution in [0.3, 0.4) is 0 Å². The van der Waals surface area contributed by atoms with Gasteiger partial charge in [-0.25, -0.2) is 0 Å². The second-order valence-electron chi connectivity index (χ2n) is 2.56. The van der Waals surface area contributed by atoms with Gasteiger partial charge in [0.25, 0.3) is 0 Å². The number of hydrogen-bond donors (Lipinski definition) is 2. The van der Waals surface area contributed by atoms with Gasteiger partial charge in [-0.15, -0.1) is 0 Å². The number of hydrogen-bond acceptors (Lipinski definition) is 3. The molecule has 1 aromatic carbocycles. The summed E-state index contributed by atoms with van der Waals surface area (Å²) in [5.74, 6) is 0. The predicted octanol–water partition coefficient (Wildman–Crippen LogP) is 1.42. The van der Waals surface area contributed by atoms with Gasteiger partial charge < -0.3 is 10.4 Å². The van der Waals surface area contributed by atoms with Gasteiger partial charge >= 0.3 is 0 Å². The fourth-order valence-corrected chi connectivity index (χ4v) is 0.888. The van der Waals surface area contributed by atoms with Crippen molar-refractivity contribution in [3.8, 4) is 0 Å². The summed E-state index contributed by atoms with van der Waals surface area (Å²) in [5, 5.41) is 11.9. The van der Waals surface area contributed by atoms with Crippen molar-refractivity contribution in [3.63, 3.8) is 0 Å². The molecule has 0 radical (unpaired) electrons. The third-order valence-electron chi connectivity index (χ3n) is 1.58. The van der Waals surface area contributed by atoms with Crippen molar-refractivity contribution in [3.05, 3.63) is 42.5 Å². The minimum Gasteiger partial charge on any atom is -0.370 e. The summed E-state index contributed by atoms with van der Waals surface area (Å²) in [6.45, 7) is 3.42. The molecule has 0 bridgehead atoms. The summed E-state index contributed by atoms with van der Waals surface area (Å²) < 4.78 is 0. The molecule has 1 atom stereocenters. The van der Waals surface area contributed by atoms with Gasteiger partial charge in [-0.1, -0.05) is 6.58 Å². The minimum atomic E-state index is -0.762. The third kappa shape index (κ3) is 2.72. The summed E-state index contributed by atoms with van der Waals surface area (Å²) in [6, 6.07) is 6.78. The van der Waals surface area contributed by atoms with Gasteiger partial charge in [0.2, 0.25) is 0 Å². The Morgan fingerprint density at radius 2 is 2.00 bits per heavy atom. The average molecular weight is 177 g/mol. The highest BCUT2D eigenvalue weighted by Gasteiger charge is 1.97. The van der Waals surface area contributed by atoms with E-state index >= 15 is 0 Å². The Morgan fingerprint density at radius 1 is 1.38 bits per heavy atom. The highest BCUT2D eigenvalue weighted by molar-refractivity contribution is 5.75. The molecule has 2 N–H and O–H groups in total. The first-order chi connectivity index (χ1) is 6.26. The van der Waals surface area contributed by atoms with Gasteiger partial charge in [0.1, 0.15) is 12.5 Å². The van der Waals surface area contributed by atoms with Crippen molar-refractivity contribution < 1.29 is 9.90 Å². The number of aliphatic hydroxyl groups is 1. The molecule has 0 aliphatic rings. The molecule has 3 heteroatoms. The number of anilines is 1. The van der Waals surface area contributed by atoms with Crippen LogP contribution < -0.4 is 5.32 Å². The van der Waals surface area contributed by atoms with E-state index in [1.54, 1.807) is 24.3 Å². The Kier molecular flexibility index (Phi) is 3.23. The van der Waals surface area contributed by atoms with E-state index in [1.165, 1.54) is 6.08 Å². The lowest BCUT2D eigenvalue weighted by atomic mass is 10.2. The van der Waals surface area contributed by atoms with Gasteiger partial charge in [0, 0.05) is 11.3 Å². The first-order valence-corrected chi connectivity index (χ1v) is 3.88. The second kappa shape index (κ2) is 4.42. The molecule has 0 fully saturated rings. The number of aldehydes is 1. The molecule has 1 aromatic rings. The summed E-state index contributed by atoms with van der Waals surface area (Å²) in [5.41, 5.74) is 1.36. The zero-order valence-corrected chi connectivity index (χ0v) is 7.10. The lowest BCUT2D eigenvalue weighted by molar-refractivity contribution is 0.112. The van der Waals surface area contributed by atoms with Gasteiger partial charge in [-0.2, -0.15) is 0 Å².